The molecule has 0 aliphatic carbocycles. The molecule has 2 aromatic carbocycles. The van der Waals surface area contributed by atoms with Crippen LogP contribution in [0.1, 0.15) is 19.7 Å². The summed E-state index contributed by atoms with van der Waals surface area (Å²) in [5.74, 6) is 1.74. The smallest absolute Gasteiger partial charge is 0.234 e. The van der Waals surface area contributed by atoms with Crippen LogP contribution in [-0.2, 0) is 22.6 Å². The Labute approximate surface area is 196 Å². The number of rotatable bonds is 11. The van der Waals surface area contributed by atoms with E-state index in [0.29, 0.717) is 41.3 Å². The quantitative estimate of drug-likeness (QED) is 0.413. The van der Waals surface area contributed by atoms with Crippen molar-refractivity contribution in [2.45, 2.75) is 32.0 Å². The van der Waals surface area contributed by atoms with Gasteiger partial charge in [0.1, 0.15) is 17.3 Å². The Morgan fingerprint density at radius 1 is 0.970 bits per heavy atom. The van der Waals surface area contributed by atoms with Crippen molar-refractivity contribution in [3.63, 3.8) is 0 Å². The van der Waals surface area contributed by atoms with Crippen LogP contribution in [0.2, 0.25) is 0 Å². The van der Waals surface area contributed by atoms with Crippen molar-refractivity contribution in [1.29, 1.82) is 0 Å². The molecule has 2 amide bonds. The highest BCUT2D eigenvalue weighted by Crippen LogP contribution is 2.20. The lowest BCUT2D eigenvalue weighted by atomic mass is 10.3. The lowest BCUT2D eigenvalue weighted by Gasteiger charge is -2.09. The zero-order valence-corrected chi connectivity index (χ0v) is 19.6. The zero-order valence-electron chi connectivity index (χ0n) is 18.8. The highest BCUT2D eigenvalue weighted by molar-refractivity contribution is 7.99. The Morgan fingerprint density at radius 2 is 1.73 bits per heavy atom. The normalized spacial score (nSPS) is 10.5. The van der Waals surface area contributed by atoms with Gasteiger partial charge in [-0.1, -0.05) is 17.8 Å². The molecule has 0 saturated heterocycles. The molecule has 174 valence electrons. The summed E-state index contributed by atoms with van der Waals surface area (Å²) in [6.07, 6.45) is 0.0740. The predicted molar refractivity (Wildman–Crippen MR) is 128 cm³/mol. The Morgan fingerprint density at radius 3 is 2.42 bits per heavy atom. The summed E-state index contributed by atoms with van der Waals surface area (Å²) < 4.78 is 12.4. The molecule has 0 radical (unpaired) electrons. The molecule has 10 heteroatoms. The predicted octanol–water partition coefficient (Wildman–Crippen LogP) is 3.62. The number of ether oxygens (including phenoxy) is 2. The summed E-state index contributed by atoms with van der Waals surface area (Å²) in [5, 5.41) is 14.6. The minimum absolute atomic E-state index is 0.0740. The first kappa shape index (κ1) is 24.1. The van der Waals surface area contributed by atoms with E-state index in [0.717, 1.165) is 5.75 Å². The van der Waals surface area contributed by atoms with E-state index in [1.54, 1.807) is 49.6 Å². The van der Waals surface area contributed by atoms with Gasteiger partial charge in [-0.05, 0) is 50.2 Å². The van der Waals surface area contributed by atoms with Crippen LogP contribution >= 0.6 is 11.8 Å². The summed E-state index contributed by atoms with van der Waals surface area (Å²) in [7, 11) is 1.57. The molecule has 3 rings (SSSR count). The Kier molecular flexibility index (Phi) is 8.71. The molecule has 0 unspecified atom stereocenters. The highest BCUT2D eigenvalue weighted by Gasteiger charge is 2.16. The summed E-state index contributed by atoms with van der Waals surface area (Å²) in [5.41, 5.74) is 1.33. The van der Waals surface area contributed by atoms with Crippen LogP contribution < -0.4 is 20.1 Å². The van der Waals surface area contributed by atoms with Gasteiger partial charge in [0, 0.05) is 24.0 Å². The summed E-state index contributed by atoms with van der Waals surface area (Å²) in [6.45, 7) is 5.02. The molecule has 33 heavy (non-hydrogen) atoms. The second-order valence-corrected chi connectivity index (χ2v) is 7.84. The van der Waals surface area contributed by atoms with Gasteiger partial charge in [-0.2, -0.15) is 0 Å². The summed E-state index contributed by atoms with van der Waals surface area (Å²) in [6, 6.07) is 14.3. The van der Waals surface area contributed by atoms with E-state index in [9.17, 15) is 9.59 Å². The lowest BCUT2D eigenvalue weighted by molar-refractivity contribution is -0.116. The molecule has 0 fully saturated rings. The highest BCUT2D eigenvalue weighted by atomic mass is 32.2. The Hall–Kier alpha value is -3.53. The molecule has 9 nitrogen and oxygen atoms in total. The average molecular weight is 470 g/mol. The van der Waals surface area contributed by atoms with Gasteiger partial charge >= 0.3 is 0 Å². The van der Waals surface area contributed by atoms with E-state index in [-0.39, 0.29) is 24.0 Å². The number of amides is 2. The molecule has 0 aliphatic heterocycles. The van der Waals surface area contributed by atoms with Crippen molar-refractivity contribution in [3.8, 4) is 11.5 Å². The number of carbonyl (C=O) groups is 2. The minimum Gasteiger partial charge on any atom is -0.497 e. The van der Waals surface area contributed by atoms with Crippen molar-refractivity contribution in [3.05, 3.63) is 54.4 Å². The number of anilines is 2. The van der Waals surface area contributed by atoms with Crippen LogP contribution in [0, 0.1) is 0 Å². The minimum atomic E-state index is -0.200. The van der Waals surface area contributed by atoms with Crippen LogP contribution in [-0.4, -0.2) is 46.0 Å². The number of hydrogen-bond donors (Lipinski definition) is 2. The van der Waals surface area contributed by atoms with Gasteiger partial charge in [-0.3, -0.25) is 9.59 Å². The first-order valence-electron chi connectivity index (χ1n) is 10.5. The Balaban J connectivity index is 1.55. The fourth-order valence-electron chi connectivity index (χ4n) is 3.05. The molecule has 0 bridgehead atoms. The maximum atomic E-state index is 12.5. The van der Waals surface area contributed by atoms with E-state index >= 15 is 0 Å². The van der Waals surface area contributed by atoms with Crippen LogP contribution in [0.3, 0.4) is 0 Å². The second kappa shape index (κ2) is 11.9. The third-order valence-corrected chi connectivity index (χ3v) is 5.53. The van der Waals surface area contributed by atoms with E-state index in [4.69, 9.17) is 9.47 Å². The Bertz CT molecular complexity index is 1080. The largest absolute Gasteiger partial charge is 0.497 e. The molecule has 0 spiro atoms. The van der Waals surface area contributed by atoms with Gasteiger partial charge in [0.2, 0.25) is 11.8 Å². The van der Waals surface area contributed by atoms with E-state index < -0.39 is 0 Å². The van der Waals surface area contributed by atoms with Gasteiger partial charge in [0.25, 0.3) is 0 Å². The first-order valence-corrected chi connectivity index (χ1v) is 11.5. The number of nitrogens with zero attached hydrogens (tertiary/aromatic N) is 3. The van der Waals surface area contributed by atoms with Crippen LogP contribution in [0.4, 0.5) is 11.4 Å². The number of thioether (sulfide) groups is 1. The fraction of sp³-hybridized carbons (Fsp3) is 0.304. The van der Waals surface area contributed by atoms with E-state index in [1.807, 2.05) is 24.5 Å². The molecule has 0 aliphatic rings. The van der Waals surface area contributed by atoms with Crippen molar-refractivity contribution in [1.82, 2.24) is 14.8 Å². The second-order valence-electron chi connectivity index (χ2n) is 6.89. The van der Waals surface area contributed by atoms with Crippen LogP contribution in [0.25, 0.3) is 0 Å². The molecular formula is C23H27N5O4S. The van der Waals surface area contributed by atoms with Gasteiger partial charge in [0.15, 0.2) is 5.16 Å². The van der Waals surface area contributed by atoms with E-state index in [2.05, 4.69) is 20.8 Å². The third kappa shape index (κ3) is 6.98. The van der Waals surface area contributed by atoms with Crippen LogP contribution in [0.5, 0.6) is 11.5 Å². The standard InChI is InChI=1S/C23H27N5O4S/c1-4-28-20(14-21(29)24-16-9-11-18(12-10-16)32-5-2)26-27-23(28)33-15-22(30)25-17-7-6-8-19(13-17)31-3/h6-13H,4-5,14-15H2,1-3H3,(H,24,29)(H,25,30). The average Bonchev–Trinajstić information content (AvgIpc) is 3.20. The van der Waals surface area contributed by atoms with Crippen LogP contribution in [0.15, 0.2) is 53.7 Å². The van der Waals surface area contributed by atoms with Gasteiger partial charge in [0.05, 0.1) is 25.9 Å². The molecule has 0 atom stereocenters. The number of nitrogens with one attached hydrogen (secondary N) is 2. The van der Waals surface area contributed by atoms with Gasteiger partial charge < -0.3 is 24.7 Å². The third-order valence-electron chi connectivity index (χ3n) is 4.56. The number of methoxy groups -OCH3 is 1. The topological polar surface area (TPSA) is 107 Å². The molecule has 1 aromatic heterocycles. The monoisotopic (exact) mass is 469 g/mol. The first-order chi connectivity index (χ1) is 16.0. The zero-order chi connectivity index (χ0) is 23.6. The maximum absolute atomic E-state index is 12.5. The number of carbonyl (C=O) groups excluding carboxylic acids is 2. The fourth-order valence-corrected chi connectivity index (χ4v) is 3.87. The maximum Gasteiger partial charge on any atom is 0.234 e. The molecular weight excluding hydrogens is 442 g/mol. The summed E-state index contributed by atoms with van der Waals surface area (Å²) in [4.78, 5) is 24.8. The van der Waals surface area contributed by atoms with Gasteiger partial charge in [-0.15, -0.1) is 10.2 Å². The molecule has 3 aromatic rings. The van der Waals surface area contributed by atoms with Crippen molar-refractivity contribution in [2.24, 2.45) is 0 Å². The summed E-state index contributed by atoms with van der Waals surface area (Å²) >= 11 is 1.27. The van der Waals surface area contributed by atoms with Crippen molar-refractivity contribution < 1.29 is 19.1 Å². The lowest BCUT2D eigenvalue weighted by Crippen LogP contribution is -2.18. The van der Waals surface area contributed by atoms with Crippen molar-refractivity contribution in [2.75, 3.05) is 30.1 Å². The number of hydrogen-bond acceptors (Lipinski definition) is 7. The number of benzene rings is 2. The van der Waals surface area contributed by atoms with Gasteiger partial charge in [-0.25, -0.2) is 0 Å². The van der Waals surface area contributed by atoms with Crippen molar-refractivity contribution >= 4 is 35.0 Å². The number of aromatic nitrogens is 3. The van der Waals surface area contributed by atoms with E-state index in [1.165, 1.54) is 11.8 Å². The molecule has 2 N–H and O–H groups in total. The SMILES string of the molecule is CCOc1ccc(NC(=O)Cc2nnc(SCC(=O)Nc3cccc(OC)c3)n2CC)cc1. The molecule has 0 saturated carbocycles. The molecule has 1 heterocycles.